The van der Waals surface area contributed by atoms with Gasteiger partial charge in [-0.2, -0.15) is 0 Å². The Balaban J connectivity index is 2.58. The number of aromatic nitrogens is 4. The van der Waals surface area contributed by atoms with Gasteiger partial charge in [0.2, 0.25) is 0 Å². The molecular weight excluding hydrogens is 204 g/mol. The van der Waals surface area contributed by atoms with Gasteiger partial charge in [0.1, 0.15) is 5.69 Å². The normalized spacial score (nSPS) is 11.0. The second-order valence-electron chi connectivity index (χ2n) is 4.06. The van der Waals surface area contributed by atoms with E-state index >= 15 is 0 Å². The van der Waals surface area contributed by atoms with Gasteiger partial charge in [-0.15, -0.1) is 0 Å². The zero-order valence-corrected chi connectivity index (χ0v) is 9.56. The molecule has 0 amide bonds. The minimum absolute atomic E-state index is 0.130. The molecular formula is C11H14N4O. The summed E-state index contributed by atoms with van der Waals surface area (Å²) in [5.41, 5.74) is 1.47. The Hall–Kier alpha value is -1.91. The first-order valence-electron chi connectivity index (χ1n) is 5.16. The Morgan fingerprint density at radius 1 is 1.44 bits per heavy atom. The Kier molecular flexibility index (Phi) is 2.60. The number of aryl methyl sites for hydroxylation is 1. The van der Waals surface area contributed by atoms with Crippen molar-refractivity contribution in [3.8, 4) is 11.5 Å². The number of H-pyrrole nitrogens is 1. The van der Waals surface area contributed by atoms with E-state index in [9.17, 15) is 4.79 Å². The largest absolute Gasteiger partial charge is 0.331 e. The molecule has 0 saturated carbocycles. The number of nitrogens with one attached hydrogen (secondary N) is 1. The van der Waals surface area contributed by atoms with E-state index < -0.39 is 0 Å². The van der Waals surface area contributed by atoms with Gasteiger partial charge >= 0.3 is 0 Å². The minimum Gasteiger partial charge on any atom is -0.331 e. The first kappa shape index (κ1) is 10.6. The molecule has 0 bridgehead atoms. The van der Waals surface area contributed by atoms with Crippen molar-refractivity contribution < 1.29 is 0 Å². The van der Waals surface area contributed by atoms with Crippen molar-refractivity contribution in [2.45, 2.75) is 19.8 Å². The summed E-state index contributed by atoms with van der Waals surface area (Å²) in [5, 5.41) is 0. The van der Waals surface area contributed by atoms with Gasteiger partial charge in [-0.25, -0.2) is 9.97 Å². The maximum Gasteiger partial charge on any atom is 0.251 e. The van der Waals surface area contributed by atoms with Crippen LogP contribution in [0.4, 0.5) is 0 Å². The van der Waals surface area contributed by atoms with E-state index in [2.05, 4.69) is 15.0 Å². The van der Waals surface area contributed by atoms with Gasteiger partial charge in [-0.3, -0.25) is 4.79 Å². The lowest BCUT2D eigenvalue weighted by Crippen LogP contribution is -2.12. The third-order valence-corrected chi connectivity index (χ3v) is 2.41. The molecule has 5 nitrogen and oxygen atoms in total. The summed E-state index contributed by atoms with van der Waals surface area (Å²) in [6, 6.07) is 1.53. The van der Waals surface area contributed by atoms with Crippen LogP contribution in [0.25, 0.3) is 11.5 Å². The standard InChI is InChI=1S/C11H14N4O/c1-7(2)8-4-10(16)14-11(13-8)9-5-12-6-15(9)3/h4-7H,1-3H3,(H,13,14,16). The molecule has 5 heteroatoms. The van der Waals surface area contributed by atoms with Crippen LogP contribution in [-0.4, -0.2) is 19.5 Å². The number of imidazole rings is 1. The molecule has 0 spiro atoms. The number of rotatable bonds is 2. The highest BCUT2D eigenvalue weighted by Crippen LogP contribution is 2.15. The van der Waals surface area contributed by atoms with Crippen LogP contribution < -0.4 is 5.56 Å². The molecule has 0 aromatic carbocycles. The van der Waals surface area contributed by atoms with Gasteiger partial charge in [0, 0.05) is 13.1 Å². The van der Waals surface area contributed by atoms with Crippen molar-refractivity contribution in [2.24, 2.45) is 7.05 Å². The molecule has 16 heavy (non-hydrogen) atoms. The maximum atomic E-state index is 11.5. The quantitative estimate of drug-likeness (QED) is 0.826. The minimum atomic E-state index is -0.130. The predicted molar refractivity (Wildman–Crippen MR) is 61.1 cm³/mol. The van der Waals surface area contributed by atoms with Crippen LogP contribution in [0.15, 0.2) is 23.4 Å². The molecule has 0 saturated heterocycles. The van der Waals surface area contributed by atoms with E-state index in [1.165, 1.54) is 6.07 Å². The number of hydrogen-bond acceptors (Lipinski definition) is 3. The highest BCUT2D eigenvalue weighted by molar-refractivity contribution is 5.48. The predicted octanol–water partition coefficient (Wildman–Crippen LogP) is 1.29. The lowest BCUT2D eigenvalue weighted by Gasteiger charge is -2.06. The SMILES string of the molecule is CC(C)c1cc(=O)[nH]c(-c2cncn2C)n1. The Morgan fingerprint density at radius 3 is 2.75 bits per heavy atom. The molecule has 0 aliphatic heterocycles. The second-order valence-corrected chi connectivity index (χ2v) is 4.06. The van der Waals surface area contributed by atoms with Crippen molar-refractivity contribution in [1.82, 2.24) is 19.5 Å². The summed E-state index contributed by atoms with van der Waals surface area (Å²) < 4.78 is 1.82. The fraction of sp³-hybridized carbons (Fsp3) is 0.364. The molecule has 1 N–H and O–H groups in total. The monoisotopic (exact) mass is 218 g/mol. The van der Waals surface area contributed by atoms with Crippen LogP contribution in [0.2, 0.25) is 0 Å². The maximum absolute atomic E-state index is 11.5. The lowest BCUT2D eigenvalue weighted by molar-refractivity contribution is 0.806. The lowest BCUT2D eigenvalue weighted by atomic mass is 10.1. The summed E-state index contributed by atoms with van der Waals surface area (Å²) in [5.74, 6) is 0.797. The summed E-state index contributed by atoms with van der Waals surface area (Å²) >= 11 is 0. The molecule has 2 heterocycles. The third-order valence-electron chi connectivity index (χ3n) is 2.41. The Labute approximate surface area is 93.2 Å². The van der Waals surface area contributed by atoms with Crippen molar-refractivity contribution >= 4 is 0 Å². The fourth-order valence-corrected chi connectivity index (χ4v) is 1.48. The van der Waals surface area contributed by atoms with Gasteiger partial charge in [0.05, 0.1) is 18.2 Å². The van der Waals surface area contributed by atoms with Crippen molar-refractivity contribution in [1.29, 1.82) is 0 Å². The Bertz CT molecular complexity index is 553. The average Bonchev–Trinajstić information content (AvgIpc) is 2.63. The molecule has 0 unspecified atom stereocenters. The molecule has 0 fully saturated rings. The first-order valence-corrected chi connectivity index (χ1v) is 5.16. The molecule has 2 rings (SSSR count). The van der Waals surface area contributed by atoms with Gasteiger partial charge in [0.25, 0.3) is 5.56 Å². The topological polar surface area (TPSA) is 63.6 Å². The first-order chi connectivity index (χ1) is 7.58. The van der Waals surface area contributed by atoms with E-state index in [-0.39, 0.29) is 11.5 Å². The van der Waals surface area contributed by atoms with Crippen molar-refractivity contribution in [2.75, 3.05) is 0 Å². The summed E-state index contributed by atoms with van der Waals surface area (Å²) in [6.45, 7) is 4.02. The molecule has 0 atom stereocenters. The third kappa shape index (κ3) is 1.88. The second kappa shape index (κ2) is 3.92. The highest BCUT2D eigenvalue weighted by Gasteiger charge is 2.09. The zero-order valence-electron chi connectivity index (χ0n) is 9.56. The van der Waals surface area contributed by atoms with Gasteiger partial charge < -0.3 is 9.55 Å². The average molecular weight is 218 g/mol. The molecule has 0 aliphatic rings. The number of aromatic amines is 1. The van der Waals surface area contributed by atoms with Crippen LogP contribution >= 0.6 is 0 Å². The van der Waals surface area contributed by atoms with Crippen molar-refractivity contribution in [3.05, 3.63) is 34.6 Å². The van der Waals surface area contributed by atoms with Gasteiger partial charge in [-0.05, 0) is 5.92 Å². The van der Waals surface area contributed by atoms with E-state index in [0.717, 1.165) is 11.4 Å². The van der Waals surface area contributed by atoms with E-state index in [1.807, 2.05) is 25.5 Å². The van der Waals surface area contributed by atoms with Crippen molar-refractivity contribution in [3.63, 3.8) is 0 Å². The summed E-state index contributed by atoms with van der Waals surface area (Å²) in [7, 11) is 1.87. The van der Waals surface area contributed by atoms with E-state index in [0.29, 0.717) is 5.82 Å². The van der Waals surface area contributed by atoms with Gasteiger partial charge in [0.15, 0.2) is 5.82 Å². The van der Waals surface area contributed by atoms with Crippen LogP contribution in [0.1, 0.15) is 25.5 Å². The van der Waals surface area contributed by atoms with Crippen LogP contribution in [-0.2, 0) is 7.05 Å². The summed E-state index contributed by atoms with van der Waals surface area (Å²) in [4.78, 5) is 22.6. The van der Waals surface area contributed by atoms with E-state index in [1.54, 1.807) is 12.5 Å². The van der Waals surface area contributed by atoms with E-state index in [4.69, 9.17) is 0 Å². The molecule has 84 valence electrons. The Morgan fingerprint density at radius 2 is 2.19 bits per heavy atom. The summed E-state index contributed by atoms with van der Waals surface area (Å²) in [6.07, 6.45) is 3.36. The fourth-order valence-electron chi connectivity index (χ4n) is 1.48. The van der Waals surface area contributed by atoms with Crippen LogP contribution in [0.3, 0.4) is 0 Å². The number of hydrogen-bond donors (Lipinski definition) is 1. The van der Waals surface area contributed by atoms with Gasteiger partial charge in [-0.1, -0.05) is 13.8 Å². The number of nitrogens with zero attached hydrogens (tertiary/aromatic N) is 3. The van der Waals surface area contributed by atoms with Crippen LogP contribution in [0.5, 0.6) is 0 Å². The molecule has 2 aromatic heterocycles. The molecule has 0 radical (unpaired) electrons. The zero-order chi connectivity index (χ0) is 11.7. The molecule has 2 aromatic rings. The molecule has 0 aliphatic carbocycles. The smallest absolute Gasteiger partial charge is 0.251 e. The highest BCUT2D eigenvalue weighted by atomic mass is 16.1. The van der Waals surface area contributed by atoms with Crippen LogP contribution in [0, 0.1) is 0 Å².